The first-order valence-electron chi connectivity index (χ1n) is 4.44. The number of aromatic nitrogens is 1. The molecule has 1 aromatic carbocycles. The summed E-state index contributed by atoms with van der Waals surface area (Å²) in [6.45, 7) is 0. The highest BCUT2D eigenvalue weighted by atomic mass is 32.2. The van der Waals surface area contributed by atoms with E-state index in [1.54, 1.807) is 12.1 Å². The van der Waals surface area contributed by atoms with Crippen LogP contribution in [0.5, 0.6) is 5.75 Å². The van der Waals surface area contributed by atoms with Crippen LogP contribution in [0.25, 0.3) is 10.9 Å². The lowest BCUT2D eigenvalue weighted by molar-refractivity contribution is 0.476. The van der Waals surface area contributed by atoms with Gasteiger partial charge in [-0.2, -0.15) is 5.26 Å². The van der Waals surface area contributed by atoms with Crippen molar-refractivity contribution in [1.82, 2.24) is 4.57 Å². The largest absolute Gasteiger partial charge is 0.508 e. The van der Waals surface area contributed by atoms with Crippen molar-refractivity contribution in [3.63, 3.8) is 0 Å². The van der Waals surface area contributed by atoms with Gasteiger partial charge in [0.15, 0.2) is 0 Å². The van der Waals surface area contributed by atoms with Crippen molar-refractivity contribution in [3.8, 4) is 11.8 Å². The number of nitrogens with zero attached hydrogens (tertiary/aromatic N) is 2. The number of nitriles is 1. The summed E-state index contributed by atoms with van der Waals surface area (Å²) in [5.74, 6) is 0.192. The molecule has 0 atom stereocenters. The van der Waals surface area contributed by atoms with Gasteiger partial charge in [-0.05, 0) is 24.5 Å². The first-order valence-corrected chi connectivity index (χ1v) is 5.67. The number of aromatic hydroxyl groups is 1. The van der Waals surface area contributed by atoms with Crippen molar-refractivity contribution >= 4 is 22.7 Å². The highest BCUT2D eigenvalue weighted by molar-refractivity contribution is 7.98. The number of hydrogen-bond acceptors (Lipinski definition) is 3. The molecule has 2 aromatic rings. The summed E-state index contributed by atoms with van der Waals surface area (Å²) < 4.78 is 1.97. The number of hydrogen-bond donors (Lipinski definition) is 1. The first-order chi connectivity index (χ1) is 7.19. The summed E-state index contributed by atoms with van der Waals surface area (Å²) >= 11 is 1.54. The Labute approximate surface area is 91.9 Å². The van der Waals surface area contributed by atoms with Crippen LogP contribution in [0.3, 0.4) is 0 Å². The molecule has 1 aromatic heterocycles. The Morgan fingerprint density at radius 2 is 2.20 bits per heavy atom. The Bertz CT molecular complexity index is 566. The number of phenols is 1. The lowest BCUT2D eigenvalue weighted by Crippen LogP contribution is -1.89. The van der Waals surface area contributed by atoms with Gasteiger partial charge in [0.25, 0.3) is 0 Å². The van der Waals surface area contributed by atoms with Gasteiger partial charge in [-0.1, -0.05) is 0 Å². The van der Waals surface area contributed by atoms with Crippen LogP contribution in [-0.2, 0) is 7.05 Å². The Hall–Kier alpha value is -1.60. The van der Waals surface area contributed by atoms with Crippen molar-refractivity contribution in [1.29, 1.82) is 5.26 Å². The molecule has 0 aliphatic carbocycles. The van der Waals surface area contributed by atoms with Crippen LogP contribution in [0, 0.1) is 11.3 Å². The van der Waals surface area contributed by atoms with Crippen LogP contribution in [-0.4, -0.2) is 15.9 Å². The van der Waals surface area contributed by atoms with Gasteiger partial charge >= 0.3 is 0 Å². The van der Waals surface area contributed by atoms with Crippen molar-refractivity contribution in [3.05, 3.63) is 23.8 Å². The molecule has 4 heteroatoms. The standard InChI is InChI=1S/C11H10N2OS/c1-13-10-4-3-7(14)5-8(10)9(6-12)11(13)15-2/h3-5,14H,1-2H3. The minimum absolute atomic E-state index is 0.192. The molecule has 1 N–H and O–H groups in total. The number of thioether (sulfide) groups is 1. The van der Waals surface area contributed by atoms with E-state index in [2.05, 4.69) is 6.07 Å². The molecule has 15 heavy (non-hydrogen) atoms. The van der Waals surface area contributed by atoms with E-state index in [4.69, 9.17) is 5.26 Å². The molecule has 76 valence electrons. The number of fused-ring (bicyclic) bond motifs is 1. The summed E-state index contributed by atoms with van der Waals surface area (Å²) in [5, 5.41) is 20.2. The van der Waals surface area contributed by atoms with Gasteiger partial charge in [-0.25, -0.2) is 0 Å². The van der Waals surface area contributed by atoms with Gasteiger partial charge in [-0.3, -0.25) is 0 Å². The van der Waals surface area contributed by atoms with E-state index in [-0.39, 0.29) is 5.75 Å². The average Bonchev–Trinajstić information content (AvgIpc) is 2.50. The quantitative estimate of drug-likeness (QED) is 0.748. The molecule has 0 saturated carbocycles. The fourth-order valence-electron chi connectivity index (χ4n) is 1.76. The van der Waals surface area contributed by atoms with E-state index in [9.17, 15) is 5.11 Å². The van der Waals surface area contributed by atoms with Crippen LogP contribution in [0.2, 0.25) is 0 Å². The molecule has 1 heterocycles. The zero-order valence-electron chi connectivity index (χ0n) is 8.48. The summed E-state index contributed by atoms with van der Waals surface area (Å²) in [4.78, 5) is 0. The molecule has 0 aliphatic heterocycles. The van der Waals surface area contributed by atoms with Crippen molar-refractivity contribution in [2.24, 2.45) is 7.05 Å². The second-order valence-corrected chi connectivity index (χ2v) is 4.05. The number of aryl methyl sites for hydroxylation is 1. The predicted molar refractivity (Wildman–Crippen MR) is 61.1 cm³/mol. The van der Waals surface area contributed by atoms with E-state index in [0.717, 1.165) is 15.9 Å². The number of rotatable bonds is 1. The van der Waals surface area contributed by atoms with E-state index in [0.29, 0.717) is 5.56 Å². The molecular formula is C11H10N2OS. The van der Waals surface area contributed by atoms with Gasteiger partial charge in [0.2, 0.25) is 0 Å². The van der Waals surface area contributed by atoms with Crippen LogP contribution < -0.4 is 0 Å². The molecule has 0 aliphatic rings. The van der Waals surface area contributed by atoms with Gasteiger partial charge < -0.3 is 9.67 Å². The molecule has 2 rings (SSSR count). The zero-order chi connectivity index (χ0) is 11.0. The van der Waals surface area contributed by atoms with Crippen molar-refractivity contribution < 1.29 is 5.11 Å². The first kappa shape index (κ1) is 9.94. The van der Waals surface area contributed by atoms with Gasteiger partial charge in [0.1, 0.15) is 11.8 Å². The van der Waals surface area contributed by atoms with Gasteiger partial charge in [-0.15, -0.1) is 11.8 Å². The monoisotopic (exact) mass is 218 g/mol. The fourth-order valence-corrected chi connectivity index (χ4v) is 2.49. The molecular weight excluding hydrogens is 208 g/mol. The molecule has 0 amide bonds. The molecule has 3 nitrogen and oxygen atoms in total. The van der Waals surface area contributed by atoms with E-state index < -0.39 is 0 Å². The molecule has 0 fully saturated rings. The smallest absolute Gasteiger partial charge is 0.116 e. The maximum Gasteiger partial charge on any atom is 0.116 e. The number of phenolic OH excluding ortho intramolecular Hbond substituents is 1. The second-order valence-electron chi connectivity index (χ2n) is 3.26. The summed E-state index contributed by atoms with van der Waals surface area (Å²) in [7, 11) is 1.92. The number of benzene rings is 1. The van der Waals surface area contributed by atoms with Crippen molar-refractivity contribution in [2.75, 3.05) is 6.26 Å². The van der Waals surface area contributed by atoms with Crippen LogP contribution in [0.4, 0.5) is 0 Å². The summed E-state index contributed by atoms with van der Waals surface area (Å²) in [6.07, 6.45) is 1.94. The lowest BCUT2D eigenvalue weighted by Gasteiger charge is -1.99. The predicted octanol–water partition coefficient (Wildman–Crippen LogP) is 2.48. The third-order valence-corrected chi connectivity index (χ3v) is 3.30. The van der Waals surface area contributed by atoms with Crippen molar-refractivity contribution in [2.45, 2.75) is 5.03 Å². The van der Waals surface area contributed by atoms with E-state index in [1.165, 1.54) is 11.8 Å². The third-order valence-electron chi connectivity index (χ3n) is 2.43. The molecule has 0 bridgehead atoms. The van der Waals surface area contributed by atoms with Crippen LogP contribution in [0.1, 0.15) is 5.56 Å². The highest BCUT2D eigenvalue weighted by Gasteiger charge is 2.14. The molecule has 0 saturated heterocycles. The summed E-state index contributed by atoms with van der Waals surface area (Å²) in [6, 6.07) is 7.27. The SMILES string of the molecule is CSc1c(C#N)c2cc(O)ccc2n1C. The molecule has 0 unspecified atom stereocenters. The Kier molecular flexibility index (Phi) is 2.33. The van der Waals surface area contributed by atoms with Crippen LogP contribution in [0.15, 0.2) is 23.2 Å². The van der Waals surface area contributed by atoms with Crippen LogP contribution >= 0.6 is 11.8 Å². The maximum atomic E-state index is 9.40. The van der Waals surface area contributed by atoms with E-state index in [1.807, 2.05) is 23.9 Å². The zero-order valence-corrected chi connectivity index (χ0v) is 9.30. The normalized spacial score (nSPS) is 10.5. The van der Waals surface area contributed by atoms with Gasteiger partial charge in [0.05, 0.1) is 16.1 Å². The fraction of sp³-hybridized carbons (Fsp3) is 0.182. The Morgan fingerprint density at radius 1 is 1.47 bits per heavy atom. The minimum atomic E-state index is 0.192. The minimum Gasteiger partial charge on any atom is -0.508 e. The summed E-state index contributed by atoms with van der Waals surface area (Å²) in [5.41, 5.74) is 1.60. The third kappa shape index (κ3) is 1.36. The molecule has 0 spiro atoms. The maximum absolute atomic E-state index is 9.40. The Balaban J connectivity index is 2.93. The second kappa shape index (κ2) is 3.52. The lowest BCUT2D eigenvalue weighted by atomic mass is 10.2. The topological polar surface area (TPSA) is 48.9 Å². The molecule has 0 radical (unpaired) electrons. The highest BCUT2D eigenvalue weighted by Crippen LogP contribution is 2.32. The Morgan fingerprint density at radius 3 is 2.80 bits per heavy atom. The average molecular weight is 218 g/mol. The van der Waals surface area contributed by atoms with E-state index >= 15 is 0 Å². The van der Waals surface area contributed by atoms with Gasteiger partial charge in [0, 0.05) is 12.4 Å².